The predicted molar refractivity (Wildman–Crippen MR) is 98.8 cm³/mol. The molecule has 1 amide bonds. The molecule has 4 rings (SSSR count). The van der Waals surface area contributed by atoms with Crippen LogP contribution in [-0.4, -0.2) is 37.3 Å². The maximum atomic E-state index is 12.4. The van der Waals surface area contributed by atoms with E-state index in [1.807, 2.05) is 0 Å². The molecular formula is C20H20N4O3. The number of pyridine rings is 1. The average molecular weight is 364 g/mol. The van der Waals surface area contributed by atoms with Gasteiger partial charge in [0, 0.05) is 31.4 Å². The molecule has 0 radical (unpaired) electrons. The van der Waals surface area contributed by atoms with Crippen molar-refractivity contribution >= 4 is 11.7 Å². The van der Waals surface area contributed by atoms with Crippen molar-refractivity contribution in [2.45, 2.75) is 12.8 Å². The fourth-order valence-electron chi connectivity index (χ4n) is 3.46. The Bertz CT molecular complexity index is 885. The van der Waals surface area contributed by atoms with Gasteiger partial charge >= 0.3 is 0 Å². The molecule has 138 valence electrons. The van der Waals surface area contributed by atoms with Crippen LogP contribution in [-0.2, 0) is 0 Å². The molecule has 0 saturated carbocycles. The molecule has 0 bridgehead atoms. The Morgan fingerprint density at radius 1 is 1.26 bits per heavy atom. The highest BCUT2D eigenvalue weighted by Gasteiger charge is 2.23. The summed E-state index contributed by atoms with van der Waals surface area (Å²) in [6.07, 6.45) is 3.61. The minimum Gasteiger partial charge on any atom is -0.454 e. The van der Waals surface area contributed by atoms with Gasteiger partial charge in [0.2, 0.25) is 6.79 Å². The minimum absolute atomic E-state index is 0.104. The van der Waals surface area contributed by atoms with Gasteiger partial charge in [-0.1, -0.05) is 0 Å². The van der Waals surface area contributed by atoms with Crippen LogP contribution in [0.25, 0.3) is 0 Å². The summed E-state index contributed by atoms with van der Waals surface area (Å²) in [6.45, 7) is 2.49. The van der Waals surface area contributed by atoms with Gasteiger partial charge < -0.3 is 19.7 Å². The van der Waals surface area contributed by atoms with Crippen LogP contribution in [0.15, 0.2) is 36.5 Å². The lowest BCUT2D eigenvalue weighted by Gasteiger charge is -2.33. The number of amides is 1. The molecule has 2 aliphatic heterocycles. The number of hydrogen-bond acceptors (Lipinski definition) is 6. The van der Waals surface area contributed by atoms with E-state index in [-0.39, 0.29) is 12.7 Å². The van der Waals surface area contributed by atoms with E-state index in [0.29, 0.717) is 35.1 Å². The van der Waals surface area contributed by atoms with Gasteiger partial charge in [0.1, 0.15) is 11.9 Å². The fraction of sp³-hybridized carbons (Fsp3) is 0.350. The van der Waals surface area contributed by atoms with Crippen molar-refractivity contribution in [1.29, 1.82) is 5.26 Å². The second-order valence-corrected chi connectivity index (χ2v) is 6.69. The molecule has 1 aromatic heterocycles. The van der Waals surface area contributed by atoms with Gasteiger partial charge in [0.15, 0.2) is 11.5 Å². The van der Waals surface area contributed by atoms with Gasteiger partial charge in [0.25, 0.3) is 5.91 Å². The molecule has 3 heterocycles. The molecule has 0 atom stereocenters. The number of piperidine rings is 1. The molecule has 1 saturated heterocycles. The third-order valence-electron chi connectivity index (χ3n) is 5.01. The van der Waals surface area contributed by atoms with Gasteiger partial charge in [-0.05, 0) is 49.1 Å². The molecule has 0 aliphatic carbocycles. The van der Waals surface area contributed by atoms with Crippen molar-refractivity contribution in [2.24, 2.45) is 5.92 Å². The fourth-order valence-corrected chi connectivity index (χ4v) is 3.46. The van der Waals surface area contributed by atoms with E-state index >= 15 is 0 Å². The van der Waals surface area contributed by atoms with E-state index < -0.39 is 0 Å². The summed E-state index contributed by atoms with van der Waals surface area (Å²) in [7, 11) is 0. The zero-order valence-electron chi connectivity index (χ0n) is 14.9. The van der Waals surface area contributed by atoms with Crippen LogP contribution in [0.5, 0.6) is 11.5 Å². The first-order valence-electron chi connectivity index (χ1n) is 9.02. The normalized spacial score (nSPS) is 16.0. The van der Waals surface area contributed by atoms with E-state index in [4.69, 9.17) is 9.47 Å². The molecule has 2 aromatic rings. The summed E-state index contributed by atoms with van der Waals surface area (Å²) >= 11 is 0. The van der Waals surface area contributed by atoms with Crippen LogP contribution in [0.2, 0.25) is 0 Å². The summed E-state index contributed by atoms with van der Waals surface area (Å²) in [5.74, 6) is 2.34. The Kier molecular flexibility index (Phi) is 4.79. The number of ether oxygens (including phenoxy) is 2. The Morgan fingerprint density at radius 3 is 2.89 bits per heavy atom. The molecular weight excluding hydrogens is 344 g/mol. The number of nitrogens with one attached hydrogen (secondary N) is 1. The maximum absolute atomic E-state index is 12.4. The quantitative estimate of drug-likeness (QED) is 0.896. The van der Waals surface area contributed by atoms with Crippen molar-refractivity contribution < 1.29 is 14.3 Å². The van der Waals surface area contributed by atoms with Crippen LogP contribution < -0.4 is 19.7 Å². The SMILES string of the molecule is N#Cc1cccnc1N1CCC(CNC(=O)c2ccc3c(c2)OCO3)CC1. The van der Waals surface area contributed by atoms with Gasteiger partial charge in [-0.3, -0.25) is 4.79 Å². The van der Waals surface area contributed by atoms with Gasteiger partial charge in [-0.25, -0.2) is 4.98 Å². The highest BCUT2D eigenvalue weighted by molar-refractivity contribution is 5.94. The lowest BCUT2D eigenvalue weighted by atomic mass is 9.96. The second kappa shape index (κ2) is 7.54. The Labute approximate surface area is 157 Å². The second-order valence-electron chi connectivity index (χ2n) is 6.69. The van der Waals surface area contributed by atoms with E-state index in [2.05, 4.69) is 21.3 Å². The van der Waals surface area contributed by atoms with Gasteiger partial charge in [-0.2, -0.15) is 5.26 Å². The number of benzene rings is 1. The number of carbonyl (C=O) groups is 1. The van der Waals surface area contributed by atoms with E-state index in [1.54, 1.807) is 36.5 Å². The number of carbonyl (C=O) groups excluding carboxylic acids is 1. The number of hydrogen-bond donors (Lipinski definition) is 1. The highest BCUT2D eigenvalue weighted by atomic mass is 16.7. The van der Waals surface area contributed by atoms with Crippen LogP contribution in [0, 0.1) is 17.2 Å². The zero-order valence-corrected chi connectivity index (χ0v) is 14.9. The Morgan fingerprint density at radius 2 is 2.07 bits per heavy atom. The molecule has 0 unspecified atom stereocenters. The minimum atomic E-state index is -0.104. The molecule has 27 heavy (non-hydrogen) atoms. The molecule has 1 fully saturated rings. The van der Waals surface area contributed by atoms with Crippen molar-refractivity contribution in [1.82, 2.24) is 10.3 Å². The molecule has 1 aromatic carbocycles. The number of aromatic nitrogens is 1. The zero-order chi connectivity index (χ0) is 18.6. The van der Waals surface area contributed by atoms with Crippen molar-refractivity contribution in [2.75, 3.05) is 31.3 Å². The number of fused-ring (bicyclic) bond motifs is 1. The third-order valence-corrected chi connectivity index (χ3v) is 5.01. The van der Waals surface area contributed by atoms with Crippen LogP contribution in [0.3, 0.4) is 0 Å². The van der Waals surface area contributed by atoms with Crippen LogP contribution in [0.1, 0.15) is 28.8 Å². The Balaban J connectivity index is 1.29. The first-order valence-corrected chi connectivity index (χ1v) is 9.02. The monoisotopic (exact) mass is 364 g/mol. The van der Waals surface area contributed by atoms with Crippen molar-refractivity contribution in [3.8, 4) is 17.6 Å². The number of nitrogens with zero attached hydrogens (tertiary/aromatic N) is 3. The standard InChI is InChI=1S/C20H20N4O3/c21-11-16-2-1-7-22-19(16)24-8-5-14(6-9-24)12-23-20(25)15-3-4-17-18(10-15)27-13-26-17/h1-4,7,10,14H,5-6,8-9,12-13H2,(H,23,25). The largest absolute Gasteiger partial charge is 0.454 e. The molecule has 1 N–H and O–H groups in total. The lowest BCUT2D eigenvalue weighted by Crippen LogP contribution is -2.39. The van der Waals surface area contributed by atoms with Gasteiger partial charge in [0.05, 0.1) is 5.56 Å². The topological polar surface area (TPSA) is 87.5 Å². The smallest absolute Gasteiger partial charge is 0.251 e. The number of rotatable bonds is 4. The molecule has 7 nitrogen and oxygen atoms in total. The number of anilines is 1. The predicted octanol–water partition coefficient (Wildman–Crippen LogP) is 2.33. The average Bonchev–Trinajstić information content (AvgIpc) is 3.20. The first kappa shape index (κ1) is 17.2. The Hall–Kier alpha value is -3.27. The van der Waals surface area contributed by atoms with E-state index in [0.717, 1.165) is 31.7 Å². The summed E-state index contributed by atoms with van der Waals surface area (Å²) in [5, 5.41) is 12.2. The molecule has 2 aliphatic rings. The highest BCUT2D eigenvalue weighted by Crippen LogP contribution is 2.32. The van der Waals surface area contributed by atoms with Crippen LogP contribution >= 0.6 is 0 Å². The first-order chi connectivity index (χ1) is 13.2. The maximum Gasteiger partial charge on any atom is 0.251 e. The summed E-state index contributed by atoms with van der Waals surface area (Å²) in [6, 6.07) is 11.0. The van der Waals surface area contributed by atoms with E-state index in [1.165, 1.54) is 0 Å². The summed E-state index contributed by atoms with van der Waals surface area (Å²) in [5.41, 5.74) is 1.18. The van der Waals surface area contributed by atoms with Crippen molar-refractivity contribution in [3.05, 3.63) is 47.7 Å². The van der Waals surface area contributed by atoms with Crippen molar-refractivity contribution in [3.63, 3.8) is 0 Å². The number of nitriles is 1. The molecule has 0 spiro atoms. The van der Waals surface area contributed by atoms with Gasteiger partial charge in [-0.15, -0.1) is 0 Å². The third kappa shape index (κ3) is 3.65. The molecule has 7 heteroatoms. The lowest BCUT2D eigenvalue weighted by molar-refractivity contribution is 0.0944. The summed E-state index contributed by atoms with van der Waals surface area (Å²) in [4.78, 5) is 18.9. The van der Waals surface area contributed by atoms with Crippen LogP contribution in [0.4, 0.5) is 5.82 Å². The van der Waals surface area contributed by atoms with E-state index in [9.17, 15) is 10.1 Å². The summed E-state index contributed by atoms with van der Waals surface area (Å²) < 4.78 is 10.6.